The lowest BCUT2D eigenvalue weighted by Gasteiger charge is -2.46. The standard InChI is InChI=1S/C11H22S/c1-9-6-7-11(4,12-5)8-10(9,2)3/h9H,6-8H2,1-5H3. The van der Waals surface area contributed by atoms with Gasteiger partial charge in [0, 0.05) is 4.75 Å². The summed E-state index contributed by atoms with van der Waals surface area (Å²) in [5.41, 5.74) is 0.552. The van der Waals surface area contributed by atoms with E-state index in [0.29, 0.717) is 10.2 Å². The fourth-order valence-corrected chi connectivity index (χ4v) is 3.15. The maximum absolute atomic E-state index is 2.42. The van der Waals surface area contributed by atoms with Crippen LogP contribution in [0.3, 0.4) is 0 Å². The van der Waals surface area contributed by atoms with E-state index in [9.17, 15) is 0 Å². The zero-order valence-corrected chi connectivity index (χ0v) is 9.92. The molecule has 12 heavy (non-hydrogen) atoms. The Bertz CT molecular complexity index is 160. The van der Waals surface area contributed by atoms with Crippen molar-refractivity contribution in [3.05, 3.63) is 0 Å². The van der Waals surface area contributed by atoms with Crippen LogP contribution in [-0.2, 0) is 0 Å². The Morgan fingerprint density at radius 2 is 1.83 bits per heavy atom. The highest BCUT2D eigenvalue weighted by molar-refractivity contribution is 7.99. The van der Waals surface area contributed by atoms with Crippen LogP contribution in [-0.4, -0.2) is 11.0 Å². The van der Waals surface area contributed by atoms with Crippen LogP contribution >= 0.6 is 11.8 Å². The molecular weight excluding hydrogens is 164 g/mol. The molecule has 0 radical (unpaired) electrons. The first-order valence-corrected chi connectivity index (χ1v) is 6.17. The average Bonchev–Trinajstić information content (AvgIpc) is 1.97. The quantitative estimate of drug-likeness (QED) is 0.597. The van der Waals surface area contributed by atoms with Gasteiger partial charge < -0.3 is 0 Å². The Hall–Kier alpha value is 0.350. The summed E-state index contributed by atoms with van der Waals surface area (Å²) < 4.78 is 0.552. The Balaban J connectivity index is 2.68. The number of thioether (sulfide) groups is 1. The summed E-state index contributed by atoms with van der Waals surface area (Å²) >= 11 is 2.05. The molecule has 2 unspecified atom stereocenters. The van der Waals surface area contributed by atoms with Crippen molar-refractivity contribution in [2.75, 3.05) is 6.26 Å². The van der Waals surface area contributed by atoms with Gasteiger partial charge in [-0.1, -0.05) is 27.7 Å². The molecule has 1 aliphatic rings. The summed E-state index contributed by atoms with van der Waals surface area (Å²) in [5.74, 6) is 0.901. The predicted octanol–water partition coefficient (Wildman–Crippen LogP) is 3.95. The molecular formula is C11H22S. The van der Waals surface area contributed by atoms with Crippen molar-refractivity contribution in [1.82, 2.24) is 0 Å². The molecule has 1 aliphatic carbocycles. The SMILES string of the molecule is CSC1(C)CCC(C)C(C)(C)C1. The van der Waals surface area contributed by atoms with Crippen molar-refractivity contribution in [3.8, 4) is 0 Å². The molecule has 1 saturated carbocycles. The van der Waals surface area contributed by atoms with E-state index in [1.54, 1.807) is 0 Å². The number of hydrogen-bond acceptors (Lipinski definition) is 1. The highest BCUT2D eigenvalue weighted by Crippen LogP contribution is 2.49. The number of rotatable bonds is 1. The molecule has 0 saturated heterocycles. The van der Waals surface area contributed by atoms with Crippen molar-refractivity contribution in [1.29, 1.82) is 0 Å². The second kappa shape index (κ2) is 3.25. The van der Waals surface area contributed by atoms with E-state index in [-0.39, 0.29) is 0 Å². The van der Waals surface area contributed by atoms with Crippen molar-refractivity contribution in [2.24, 2.45) is 11.3 Å². The summed E-state index contributed by atoms with van der Waals surface area (Å²) in [5, 5.41) is 0. The smallest absolute Gasteiger partial charge is 0.0134 e. The molecule has 0 bridgehead atoms. The first-order chi connectivity index (χ1) is 5.40. The van der Waals surface area contributed by atoms with Gasteiger partial charge in [0.1, 0.15) is 0 Å². The van der Waals surface area contributed by atoms with Gasteiger partial charge in [0.25, 0.3) is 0 Å². The van der Waals surface area contributed by atoms with Gasteiger partial charge in [0.05, 0.1) is 0 Å². The zero-order chi connectivity index (χ0) is 9.41. The van der Waals surface area contributed by atoms with Gasteiger partial charge in [0.2, 0.25) is 0 Å². The van der Waals surface area contributed by atoms with Gasteiger partial charge >= 0.3 is 0 Å². The Kier molecular flexibility index (Phi) is 2.82. The van der Waals surface area contributed by atoms with Crippen LogP contribution in [0.5, 0.6) is 0 Å². The molecule has 0 heterocycles. The molecule has 72 valence electrons. The number of hydrogen-bond donors (Lipinski definition) is 0. The minimum atomic E-state index is 0.552. The molecule has 0 amide bonds. The maximum atomic E-state index is 2.42. The Morgan fingerprint density at radius 1 is 1.25 bits per heavy atom. The lowest BCUT2D eigenvalue weighted by atomic mass is 9.66. The Labute approximate surface area is 81.5 Å². The molecule has 0 aromatic carbocycles. The van der Waals surface area contributed by atoms with Gasteiger partial charge in [-0.15, -0.1) is 0 Å². The molecule has 1 heteroatoms. The fraction of sp³-hybridized carbons (Fsp3) is 1.00. The van der Waals surface area contributed by atoms with Gasteiger partial charge in [-0.25, -0.2) is 0 Å². The summed E-state index contributed by atoms with van der Waals surface area (Å²) in [6, 6.07) is 0. The first kappa shape index (κ1) is 10.4. The monoisotopic (exact) mass is 186 g/mol. The normalized spacial score (nSPS) is 41.2. The van der Waals surface area contributed by atoms with Crippen molar-refractivity contribution < 1.29 is 0 Å². The molecule has 0 aromatic heterocycles. The molecule has 1 rings (SSSR count). The van der Waals surface area contributed by atoms with Crippen LogP contribution in [0.2, 0.25) is 0 Å². The van der Waals surface area contributed by atoms with Crippen LogP contribution in [0.15, 0.2) is 0 Å². The van der Waals surface area contributed by atoms with Gasteiger partial charge in [-0.05, 0) is 36.9 Å². The Morgan fingerprint density at radius 3 is 2.25 bits per heavy atom. The molecule has 0 aromatic rings. The molecule has 0 aliphatic heterocycles. The lowest BCUT2D eigenvalue weighted by Crippen LogP contribution is -2.38. The minimum absolute atomic E-state index is 0.552. The molecule has 0 N–H and O–H groups in total. The van der Waals surface area contributed by atoms with E-state index < -0.39 is 0 Å². The van der Waals surface area contributed by atoms with E-state index in [1.165, 1.54) is 19.3 Å². The van der Waals surface area contributed by atoms with Gasteiger partial charge in [-0.3, -0.25) is 0 Å². The average molecular weight is 186 g/mol. The van der Waals surface area contributed by atoms with Crippen LogP contribution in [0, 0.1) is 11.3 Å². The first-order valence-electron chi connectivity index (χ1n) is 4.95. The second-order valence-corrected chi connectivity index (χ2v) is 6.65. The summed E-state index contributed by atoms with van der Waals surface area (Å²) in [4.78, 5) is 0. The van der Waals surface area contributed by atoms with Crippen LogP contribution in [0.25, 0.3) is 0 Å². The van der Waals surface area contributed by atoms with E-state index in [1.807, 2.05) is 0 Å². The lowest BCUT2D eigenvalue weighted by molar-refractivity contribution is 0.130. The zero-order valence-electron chi connectivity index (χ0n) is 9.11. The van der Waals surface area contributed by atoms with Crippen molar-refractivity contribution in [2.45, 2.75) is 51.7 Å². The van der Waals surface area contributed by atoms with E-state index >= 15 is 0 Å². The van der Waals surface area contributed by atoms with E-state index in [2.05, 4.69) is 45.7 Å². The van der Waals surface area contributed by atoms with Crippen molar-refractivity contribution in [3.63, 3.8) is 0 Å². The molecule has 0 spiro atoms. The fourth-order valence-electron chi connectivity index (χ4n) is 2.31. The summed E-state index contributed by atoms with van der Waals surface area (Å²) in [6.45, 7) is 9.67. The van der Waals surface area contributed by atoms with E-state index in [4.69, 9.17) is 0 Å². The highest BCUT2D eigenvalue weighted by Gasteiger charge is 2.39. The van der Waals surface area contributed by atoms with Crippen LogP contribution < -0.4 is 0 Å². The van der Waals surface area contributed by atoms with Crippen molar-refractivity contribution >= 4 is 11.8 Å². The largest absolute Gasteiger partial charge is 0.159 e. The summed E-state index contributed by atoms with van der Waals surface area (Å²) in [6.07, 6.45) is 6.44. The second-order valence-electron chi connectivity index (χ2n) is 5.26. The van der Waals surface area contributed by atoms with Crippen LogP contribution in [0.1, 0.15) is 47.0 Å². The topological polar surface area (TPSA) is 0 Å². The third-order valence-corrected chi connectivity index (χ3v) is 5.10. The highest BCUT2D eigenvalue weighted by atomic mass is 32.2. The van der Waals surface area contributed by atoms with Gasteiger partial charge in [-0.2, -0.15) is 11.8 Å². The molecule has 2 atom stereocenters. The van der Waals surface area contributed by atoms with Gasteiger partial charge in [0.15, 0.2) is 0 Å². The summed E-state index contributed by atoms with van der Waals surface area (Å²) in [7, 11) is 0. The molecule has 0 nitrogen and oxygen atoms in total. The maximum Gasteiger partial charge on any atom is 0.0134 e. The third-order valence-electron chi connectivity index (χ3n) is 3.76. The third kappa shape index (κ3) is 1.99. The molecule has 1 fully saturated rings. The van der Waals surface area contributed by atoms with E-state index in [0.717, 1.165) is 5.92 Å². The predicted molar refractivity (Wildman–Crippen MR) is 58.7 cm³/mol. The minimum Gasteiger partial charge on any atom is -0.159 e. The van der Waals surface area contributed by atoms with Crippen LogP contribution in [0.4, 0.5) is 0 Å².